The molecule has 0 spiro atoms. The maximum absolute atomic E-state index is 11.3. The van der Waals surface area contributed by atoms with Crippen molar-refractivity contribution in [1.29, 1.82) is 0 Å². The zero-order valence-corrected chi connectivity index (χ0v) is 10.2. The van der Waals surface area contributed by atoms with Crippen LogP contribution in [0, 0.1) is 0 Å². The third-order valence-electron chi connectivity index (χ3n) is 3.40. The molecule has 0 saturated carbocycles. The largest absolute Gasteiger partial charge is 0.366 e. The third kappa shape index (κ3) is 1.97. The first kappa shape index (κ1) is 11.2. The number of piperidine rings is 1. The van der Waals surface area contributed by atoms with Crippen molar-refractivity contribution in [3.05, 3.63) is 22.9 Å². The molecule has 96 valence electrons. The molecule has 1 fully saturated rings. The highest BCUT2D eigenvalue weighted by Crippen LogP contribution is 2.14. The molecule has 1 aliphatic heterocycles. The second-order valence-corrected chi connectivity index (χ2v) is 4.67. The lowest BCUT2D eigenvalue weighted by Gasteiger charge is -2.30. The van der Waals surface area contributed by atoms with Gasteiger partial charge in [0.05, 0.1) is 0 Å². The summed E-state index contributed by atoms with van der Waals surface area (Å²) in [4.78, 5) is 15.5. The van der Waals surface area contributed by atoms with E-state index < -0.39 is 0 Å². The van der Waals surface area contributed by atoms with Gasteiger partial charge in [-0.15, -0.1) is 0 Å². The Balaban J connectivity index is 1.83. The van der Waals surface area contributed by atoms with Gasteiger partial charge in [-0.25, -0.2) is 19.3 Å². The fourth-order valence-corrected chi connectivity index (χ4v) is 2.32. The molecule has 2 unspecified atom stereocenters. The molecule has 3 heterocycles. The average Bonchev–Trinajstić information content (AvgIpc) is 2.74. The van der Waals surface area contributed by atoms with E-state index in [9.17, 15) is 4.79 Å². The van der Waals surface area contributed by atoms with Crippen LogP contribution in [0.3, 0.4) is 0 Å². The summed E-state index contributed by atoms with van der Waals surface area (Å²) in [6, 6.07) is 2.55. The van der Waals surface area contributed by atoms with Crippen molar-refractivity contribution < 1.29 is 0 Å². The second-order valence-electron chi connectivity index (χ2n) is 4.67. The quantitative estimate of drug-likeness (QED) is 0.694. The van der Waals surface area contributed by atoms with E-state index in [1.807, 2.05) is 0 Å². The number of hydrogen-bond acceptors (Lipinski definition) is 5. The van der Waals surface area contributed by atoms with Crippen LogP contribution in [0.25, 0.3) is 5.65 Å². The van der Waals surface area contributed by atoms with Crippen molar-refractivity contribution in [2.75, 3.05) is 11.9 Å². The van der Waals surface area contributed by atoms with Crippen LogP contribution < -0.4 is 16.3 Å². The van der Waals surface area contributed by atoms with Gasteiger partial charge in [-0.1, -0.05) is 0 Å². The number of hydrogen-bond donors (Lipinski definition) is 3. The van der Waals surface area contributed by atoms with Gasteiger partial charge in [-0.2, -0.15) is 5.10 Å². The highest BCUT2D eigenvalue weighted by Gasteiger charge is 2.20. The van der Waals surface area contributed by atoms with Gasteiger partial charge in [-0.05, 0) is 26.3 Å². The van der Waals surface area contributed by atoms with E-state index in [4.69, 9.17) is 0 Å². The van der Waals surface area contributed by atoms with Crippen molar-refractivity contribution in [1.82, 2.24) is 24.9 Å². The minimum Gasteiger partial charge on any atom is -0.366 e. The third-order valence-corrected chi connectivity index (χ3v) is 3.40. The fourth-order valence-electron chi connectivity index (χ4n) is 2.32. The Bertz CT molecular complexity index is 603. The molecular weight excluding hydrogens is 232 g/mol. The summed E-state index contributed by atoms with van der Waals surface area (Å²) in [5.74, 6) is 0.752. The van der Waals surface area contributed by atoms with Gasteiger partial charge < -0.3 is 10.6 Å². The molecule has 0 aromatic carbocycles. The highest BCUT2D eigenvalue weighted by molar-refractivity contribution is 5.48. The number of aromatic amines is 1. The molecule has 0 amide bonds. The number of anilines is 1. The molecule has 1 saturated heterocycles. The standard InChI is InChI=1S/C11H16N6O/c1-7-8(3-2-4-12-7)14-9-5-10-15-16-11(18)17(10)6-13-9/h5-8,12,14H,2-4H2,1H3,(H,16,18). The SMILES string of the molecule is CC1NCCCC1Nc1cc2n[nH]c(=O)n2cn1. The maximum Gasteiger partial charge on any atom is 0.348 e. The lowest BCUT2D eigenvalue weighted by atomic mass is 10.00. The Morgan fingerprint density at radius 3 is 3.28 bits per heavy atom. The van der Waals surface area contributed by atoms with Crippen molar-refractivity contribution in [2.45, 2.75) is 31.8 Å². The Kier molecular flexibility index (Phi) is 2.75. The van der Waals surface area contributed by atoms with Crippen LogP contribution in [0.15, 0.2) is 17.2 Å². The van der Waals surface area contributed by atoms with Crippen molar-refractivity contribution in [3.63, 3.8) is 0 Å². The highest BCUT2D eigenvalue weighted by atomic mass is 16.1. The van der Waals surface area contributed by atoms with E-state index in [0.717, 1.165) is 25.2 Å². The lowest BCUT2D eigenvalue weighted by Crippen LogP contribution is -2.46. The molecule has 2 aromatic rings. The van der Waals surface area contributed by atoms with Gasteiger partial charge in [0.1, 0.15) is 12.1 Å². The zero-order valence-electron chi connectivity index (χ0n) is 10.2. The molecule has 1 aliphatic rings. The van der Waals surface area contributed by atoms with Crippen LogP contribution >= 0.6 is 0 Å². The van der Waals surface area contributed by atoms with Crippen LogP contribution in [0.4, 0.5) is 5.82 Å². The van der Waals surface area contributed by atoms with Gasteiger partial charge in [0.15, 0.2) is 5.65 Å². The van der Waals surface area contributed by atoms with Crippen molar-refractivity contribution in [3.8, 4) is 0 Å². The van der Waals surface area contributed by atoms with Crippen molar-refractivity contribution in [2.24, 2.45) is 0 Å². The van der Waals surface area contributed by atoms with Crippen LogP contribution in [-0.2, 0) is 0 Å². The second kappa shape index (κ2) is 4.41. The van der Waals surface area contributed by atoms with E-state index in [1.165, 1.54) is 10.7 Å². The number of H-pyrrole nitrogens is 1. The predicted octanol–water partition coefficient (Wildman–Crippen LogP) is -0.0300. The molecule has 7 nitrogen and oxygen atoms in total. The first-order valence-electron chi connectivity index (χ1n) is 6.17. The van der Waals surface area contributed by atoms with Gasteiger partial charge in [0.2, 0.25) is 0 Å². The van der Waals surface area contributed by atoms with Crippen molar-refractivity contribution >= 4 is 11.5 Å². The number of aromatic nitrogens is 4. The predicted molar refractivity (Wildman–Crippen MR) is 67.7 cm³/mol. The minimum absolute atomic E-state index is 0.267. The van der Waals surface area contributed by atoms with Gasteiger partial charge >= 0.3 is 5.69 Å². The molecule has 3 N–H and O–H groups in total. The van der Waals surface area contributed by atoms with E-state index >= 15 is 0 Å². The summed E-state index contributed by atoms with van der Waals surface area (Å²) in [5, 5.41) is 13.1. The summed E-state index contributed by atoms with van der Waals surface area (Å²) in [7, 11) is 0. The fraction of sp³-hybridized carbons (Fsp3) is 0.545. The maximum atomic E-state index is 11.3. The Hall–Kier alpha value is -1.89. The smallest absolute Gasteiger partial charge is 0.348 e. The summed E-state index contributed by atoms with van der Waals surface area (Å²) < 4.78 is 1.38. The van der Waals surface area contributed by atoms with Crippen LogP contribution in [0.2, 0.25) is 0 Å². The summed E-state index contributed by atoms with van der Waals surface area (Å²) >= 11 is 0. The molecule has 0 aliphatic carbocycles. The van der Waals surface area contributed by atoms with Gasteiger partial charge in [0.25, 0.3) is 0 Å². The van der Waals surface area contributed by atoms with E-state index in [0.29, 0.717) is 17.7 Å². The molecule has 2 atom stereocenters. The number of fused-ring (bicyclic) bond motifs is 1. The van der Waals surface area contributed by atoms with Crippen LogP contribution in [0.1, 0.15) is 19.8 Å². The van der Waals surface area contributed by atoms with Crippen LogP contribution in [0.5, 0.6) is 0 Å². The molecule has 3 rings (SSSR count). The number of nitrogens with zero attached hydrogens (tertiary/aromatic N) is 3. The average molecular weight is 248 g/mol. The minimum atomic E-state index is -0.267. The summed E-state index contributed by atoms with van der Waals surface area (Å²) in [6.07, 6.45) is 3.77. The first-order chi connectivity index (χ1) is 8.74. The molecule has 0 radical (unpaired) electrons. The van der Waals surface area contributed by atoms with Gasteiger partial charge in [-0.3, -0.25) is 0 Å². The number of rotatable bonds is 2. The number of nitrogens with one attached hydrogen (secondary N) is 3. The Morgan fingerprint density at radius 2 is 2.44 bits per heavy atom. The lowest BCUT2D eigenvalue weighted by molar-refractivity contribution is 0.389. The zero-order chi connectivity index (χ0) is 12.5. The van der Waals surface area contributed by atoms with E-state index in [-0.39, 0.29) is 5.69 Å². The summed E-state index contributed by atoms with van der Waals surface area (Å²) in [6.45, 7) is 3.23. The van der Waals surface area contributed by atoms with Gasteiger partial charge in [0, 0.05) is 18.2 Å². The summed E-state index contributed by atoms with van der Waals surface area (Å²) in [5.41, 5.74) is 0.311. The topological polar surface area (TPSA) is 87.1 Å². The Morgan fingerprint density at radius 1 is 1.56 bits per heavy atom. The Labute approximate surface area is 104 Å². The molecular formula is C11H16N6O. The molecule has 7 heteroatoms. The van der Waals surface area contributed by atoms with Crippen LogP contribution in [-0.4, -0.2) is 38.2 Å². The first-order valence-corrected chi connectivity index (χ1v) is 6.17. The normalized spacial score (nSPS) is 24.3. The van der Waals surface area contributed by atoms with E-state index in [1.54, 1.807) is 6.07 Å². The molecule has 18 heavy (non-hydrogen) atoms. The monoisotopic (exact) mass is 248 g/mol. The van der Waals surface area contributed by atoms with E-state index in [2.05, 4.69) is 32.7 Å². The molecule has 2 aromatic heterocycles. The molecule has 0 bridgehead atoms.